The summed E-state index contributed by atoms with van der Waals surface area (Å²) in [5.74, 6) is 0.982. The zero-order valence-corrected chi connectivity index (χ0v) is 15.5. The van der Waals surface area contributed by atoms with E-state index in [4.69, 9.17) is 9.47 Å². The summed E-state index contributed by atoms with van der Waals surface area (Å²) < 4.78 is 10.6. The van der Waals surface area contributed by atoms with Crippen LogP contribution >= 0.6 is 0 Å². The average molecular weight is 366 g/mol. The third-order valence-electron chi connectivity index (χ3n) is 5.08. The van der Waals surface area contributed by atoms with Crippen molar-refractivity contribution in [2.45, 2.75) is 19.3 Å². The van der Waals surface area contributed by atoms with Crippen LogP contribution < -0.4 is 19.7 Å². The summed E-state index contributed by atoms with van der Waals surface area (Å²) in [6.45, 7) is 0.714. The largest absolute Gasteiger partial charge is 0.493 e. The van der Waals surface area contributed by atoms with Gasteiger partial charge in [-0.3, -0.25) is 9.59 Å². The number of fused-ring (bicyclic) bond motifs is 1. The third-order valence-corrected chi connectivity index (χ3v) is 5.08. The van der Waals surface area contributed by atoms with Crippen LogP contribution in [0, 0.1) is 5.92 Å². The fraction of sp³-hybridized carbons (Fsp3) is 0.333. The van der Waals surface area contributed by atoms with Gasteiger partial charge in [0.2, 0.25) is 5.91 Å². The maximum Gasteiger partial charge on any atom is 0.259 e. The van der Waals surface area contributed by atoms with Crippen LogP contribution in [0.3, 0.4) is 0 Å². The Hall–Kier alpha value is -3.02. The number of methoxy groups -OCH3 is 2. The molecule has 2 aromatic rings. The highest BCUT2D eigenvalue weighted by Gasteiger charge is 2.36. The van der Waals surface area contributed by atoms with Crippen molar-refractivity contribution in [1.29, 1.82) is 0 Å². The molecule has 1 N–H and O–H groups in total. The number of nitrogens with one attached hydrogen (secondary N) is 1. The molecule has 2 aromatic carbocycles. The van der Waals surface area contributed by atoms with E-state index in [0.717, 1.165) is 30.5 Å². The number of hydrogen-bond acceptors (Lipinski definition) is 4. The van der Waals surface area contributed by atoms with Gasteiger partial charge in [0.15, 0.2) is 11.5 Å². The number of anilines is 2. The lowest BCUT2D eigenvalue weighted by atomic mass is 10.1. The van der Waals surface area contributed by atoms with E-state index in [1.54, 1.807) is 18.2 Å². The number of carbonyl (C=O) groups is 2. The minimum atomic E-state index is -0.288. The molecule has 0 spiro atoms. The second kappa shape index (κ2) is 6.95. The Balaban J connectivity index is 1.58. The summed E-state index contributed by atoms with van der Waals surface area (Å²) in [5, 5.41) is 2.91. The Morgan fingerprint density at radius 3 is 2.63 bits per heavy atom. The molecule has 2 amide bonds. The van der Waals surface area contributed by atoms with Crippen LogP contribution in [0.4, 0.5) is 11.4 Å². The molecule has 0 atom stereocenters. The van der Waals surface area contributed by atoms with Crippen molar-refractivity contribution in [2.24, 2.45) is 5.92 Å². The molecule has 6 nitrogen and oxygen atoms in total. The molecule has 1 heterocycles. The van der Waals surface area contributed by atoms with E-state index in [0.29, 0.717) is 29.3 Å². The van der Waals surface area contributed by atoms with Crippen molar-refractivity contribution in [1.82, 2.24) is 0 Å². The number of rotatable bonds is 5. The quantitative estimate of drug-likeness (QED) is 0.882. The molecule has 1 aliphatic heterocycles. The number of benzene rings is 2. The summed E-state index contributed by atoms with van der Waals surface area (Å²) in [7, 11) is 3.04. The van der Waals surface area contributed by atoms with E-state index in [2.05, 4.69) is 5.32 Å². The zero-order valence-electron chi connectivity index (χ0n) is 15.5. The Morgan fingerprint density at radius 1 is 1.11 bits per heavy atom. The summed E-state index contributed by atoms with van der Waals surface area (Å²) in [6, 6.07) is 10.9. The predicted octanol–water partition coefficient (Wildman–Crippen LogP) is 3.26. The van der Waals surface area contributed by atoms with Crippen LogP contribution in [0.25, 0.3) is 0 Å². The lowest BCUT2D eigenvalue weighted by molar-refractivity contribution is -0.119. The molecular formula is C21H22N2O4. The van der Waals surface area contributed by atoms with Crippen LogP contribution in [0.2, 0.25) is 0 Å². The number of para-hydroxylation sites is 1. The molecule has 0 radical (unpaired) electrons. The summed E-state index contributed by atoms with van der Waals surface area (Å²) in [5.41, 5.74) is 3.09. The van der Waals surface area contributed by atoms with Gasteiger partial charge in [-0.05, 0) is 49.1 Å². The highest BCUT2D eigenvalue weighted by molar-refractivity contribution is 6.07. The normalized spacial score (nSPS) is 15.3. The van der Waals surface area contributed by atoms with Gasteiger partial charge < -0.3 is 19.7 Å². The number of carbonyl (C=O) groups excluding carboxylic acids is 2. The van der Waals surface area contributed by atoms with Gasteiger partial charge in [0, 0.05) is 23.8 Å². The number of nitrogens with zero attached hydrogens (tertiary/aromatic N) is 1. The van der Waals surface area contributed by atoms with E-state index in [9.17, 15) is 9.59 Å². The molecule has 2 aliphatic rings. The van der Waals surface area contributed by atoms with Crippen LogP contribution in [0.15, 0.2) is 36.4 Å². The van der Waals surface area contributed by atoms with Crippen molar-refractivity contribution in [3.63, 3.8) is 0 Å². The van der Waals surface area contributed by atoms with E-state index in [-0.39, 0.29) is 17.7 Å². The highest BCUT2D eigenvalue weighted by Crippen LogP contribution is 2.38. The number of amides is 2. The fourth-order valence-electron chi connectivity index (χ4n) is 3.50. The van der Waals surface area contributed by atoms with Crippen molar-refractivity contribution >= 4 is 23.2 Å². The Labute approximate surface area is 158 Å². The molecule has 1 fully saturated rings. The minimum Gasteiger partial charge on any atom is -0.493 e. The van der Waals surface area contributed by atoms with E-state index >= 15 is 0 Å². The van der Waals surface area contributed by atoms with Crippen molar-refractivity contribution in [2.75, 3.05) is 31.0 Å². The van der Waals surface area contributed by atoms with Gasteiger partial charge >= 0.3 is 0 Å². The fourth-order valence-corrected chi connectivity index (χ4v) is 3.50. The molecule has 0 bridgehead atoms. The molecule has 1 aliphatic carbocycles. The summed E-state index contributed by atoms with van der Waals surface area (Å²) in [6.07, 6.45) is 2.82. The second-order valence-electron chi connectivity index (χ2n) is 6.85. The van der Waals surface area contributed by atoms with Gasteiger partial charge in [-0.1, -0.05) is 12.1 Å². The Kier molecular flexibility index (Phi) is 4.48. The molecule has 0 unspecified atom stereocenters. The monoisotopic (exact) mass is 366 g/mol. The smallest absolute Gasteiger partial charge is 0.259 e. The van der Waals surface area contributed by atoms with Crippen molar-refractivity contribution < 1.29 is 19.1 Å². The molecule has 1 saturated carbocycles. The zero-order chi connectivity index (χ0) is 19.0. The topological polar surface area (TPSA) is 67.9 Å². The first-order valence-corrected chi connectivity index (χ1v) is 9.09. The minimum absolute atomic E-state index is 0.176. The first kappa shape index (κ1) is 17.4. The van der Waals surface area contributed by atoms with Crippen molar-refractivity contribution in [3.8, 4) is 11.5 Å². The first-order chi connectivity index (χ1) is 13.1. The van der Waals surface area contributed by atoms with Crippen LogP contribution in [-0.4, -0.2) is 32.6 Å². The Morgan fingerprint density at radius 2 is 1.93 bits per heavy atom. The van der Waals surface area contributed by atoms with E-state index < -0.39 is 0 Å². The van der Waals surface area contributed by atoms with Crippen LogP contribution in [-0.2, 0) is 11.2 Å². The predicted molar refractivity (Wildman–Crippen MR) is 103 cm³/mol. The first-order valence-electron chi connectivity index (χ1n) is 9.09. The maximum absolute atomic E-state index is 12.8. The SMILES string of the molecule is COc1cccc(C(=O)Nc2ccc3c(c2)N(C(=O)C2CC2)CC3)c1OC. The number of hydrogen-bond donors (Lipinski definition) is 1. The summed E-state index contributed by atoms with van der Waals surface area (Å²) >= 11 is 0. The van der Waals surface area contributed by atoms with Gasteiger partial charge in [-0.2, -0.15) is 0 Å². The summed E-state index contributed by atoms with van der Waals surface area (Å²) in [4.78, 5) is 27.1. The van der Waals surface area contributed by atoms with Crippen molar-refractivity contribution in [3.05, 3.63) is 47.5 Å². The lowest BCUT2D eigenvalue weighted by Crippen LogP contribution is -2.30. The maximum atomic E-state index is 12.8. The number of ether oxygens (including phenoxy) is 2. The van der Waals surface area contributed by atoms with Gasteiger partial charge in [-0.25, -0.2) is 0 Å². The van der Waals surface area contributed by atoms with E-state index in [1.165, 1.54) is 14.2 Å². The van der Waals surface area contributed by atoms with Crippen LogP contribution in [0.5, 0.6) is 11.5 Å². The Bertz CT molecular complexity index is 905. The standard InChI is InChI=1S/C21H22N2O4/c1-26-18-5-3-4-16(19(18)27-2)20(24)22-15-9-8-13-10-11-23(17(13)12-15)21(25)14-6-7-14/h3-5,8-9,12,14H,6-7,10-11H2,1-2H3,(H,22,24). The third kappa shape index (κ3) is 3.23. The molecular weight excluding hydrogens is 344 g/mol. The van der Waals surface area contributed by atoms with Gasteiger partial charge in [0.1, 0.15) is 0 Å². The highest BCUT2D eigenvalue weighted by atomic mass is 16.5. The lowest BCUT2D eigenvalue weighted by Gasteiger charge is -2.18. The van der Waals surface area contributed by atoms with Gasteiger partial charge in [0.25, 0.3) is 5.91 Å². The van der Waals surface area contributed by atoms with Crippen LogP contribution in [0.1, 0.15) is 28.8 Å². The average Bonchev–Trinajstić information content (AvgIpc) is 3.46. The molecule has 140 valence electrons. The van der Waals surface area contributed by atoms with Gasteiger partial charge in [0.05, 0.1) is 19.8 Å². The molecule has 27 heavy (non-hydrogen) atoms. The molecule has 6 heteroatoms. The van der Waals surface area contributed by atoms with E-state index in [1.807, 2.05) is 23.1 Å². The van der Waals surface area contributed by atoms with Gasteiger partial charge in [-0.15, -0.1) is 0 Å². The molecule has 4 rings (SSSR count). The molecule has 0 aromatic heterocycles. The second-order valence-corrected chi connectivity index (χ2v) is 6.85. The molecule has 0 saturated heterocycles.